The Morgan fingerprint density at radius 2 is 2.00 bits per heavy atom. The first-order chi connectivity index (χ1) is 8.24. The Labute approximate surface area is 101 Å². The Morgan fingerprint density at radius 3 is 2.59 bits per heavy atom. The van der Waals surface area contributed by atoms with Gasteiger partial charge in [-0.2, -0.15) is 0 Å². The summed E-state index contributed by atoms with van der Waals surface area (Å²) in [6, 6.07) is 11.2. The van der Waals surface area contributed by atoms with E-state index in [4.69, 9.17) is 4.42 Å². The Balaban J connectivity index is 2.35. The molecule has 88 valence electrons. The molecule has 3 nitrogen and oxygen atoms in total. The molecule has 0 bridgehead atoms. The Morgan fingerprint density at radius 1 is 1.24 bits per heavy atom. The fourth-order valence-corrected chi connectivity index (χ4v) is 1.82. The minimum Gasteiger partial charge on any atom is -0.459 e. The Bertz CT molecular complexity index is 503. The fraction of sp³-hybridized carbons (Fsp3) is 0.214. The Hall–Kier alpha value is -2.03. The molecule has 0 N–H and O–H groups in total. The highest BCUT2D eigenvalue weighted by Gasteiger charge is 2.19. The maximum atomic E-state index is 12.2. The molecule has 1 aromatic carbocycles. The van der Waals surface area contributed by atoms with Gasteiger partial charge in [0.25, 0.3) is 5.91 Å². The van der Waals surface area contributed by atoms with Crippen molar-refractivity contribution < 1.29 is 9.21 Å². The number of carbonyl (C=O) groups is 1. The van der Waals surface area contributed by atoms with E-state index in [1.54, 1.807) is 17.0 Å². The minimum absolute atomic E-state index is 0.105. The van der Waals surface area contributed by atoms with Gasteiger partial charge >= 0.3 is 0 Å². The number of hydrogen-bond acceptors (Lipinski definition) is 2. The van der Waals surface area contributed by atoms with E-state index >= 15 is 0 Å². The molecule has 0 fully saturated rings. The van der Waals surface area contributed by atoms with Gasteiger partial charge in [0.2, 0.25) is 0 Å². The van der Waals surface area contributed by atoms with E-state index < -0.39 is 0 Å². The van der Waals surface area contributed by atoms with Crippen molar-refractivity contribution in [2.24, 2.45) is 0 Å². The lowest BCUT2D eigenvalue weighted by Crippen LogP contribution is -2.30. The number of anilines is 1. The van der Waals surface area contributed by atoms with Gasteiger partial charge < -0.3 is 9.32 Å². The van der Waals surface area contributed by atoms with E-state index in [2.05, 4.69) is 0 Å². The van der Waals surface area contributed by atoms with Crippen molar-refractivity contribution in [1.82, 2.24) is 0 Å². The summed E-state index contributed by atoms with van der Waals surface area (Å²) in [6.45, 7) is 4.56. The average molecular weight is 229 g/mol. The molecule has 1 amide bonds. The van der Waals surface area contributed by atoms with Crippen LogP contribution in [-0.2, 0) is 0 Å². The first-order valence-corrected chi connectivity index (χ1v) is 5.65. The van der Waals surface area contributed by atoms with E-state index in [0.29, 0.717) is 12.3 Å². The van der Waals surface area contributed by atoms with Crippen LogP contribution in [0.4, 0.5) is 5.69 Å². The van der Waals surface area contributed by atoms with E-state index in [9.17, 15) is 4.79 Å². The molecule has 0 aliphatic rings. The monoisotopic (exact) mass is 229 g/mol. The lowest BCUT2D eigenvalue weighted by molar-refractivity contribution is 0.0961. The van der Waals surface area contributed by atoms with Crippen LogP contribution in [0.1, 0.15) is 23.0 Å². The van der Waals surface area contributed by atoms with Gasteiger partial charge in [0.1, 0.15) is 0 Å². The summed E-state index contributed by atoms with van der Waals surface area (Å²) in [4.78, 5) is 13.9. The molecule has 0 spiro atoms. The van der Waals surface area contributed by atoms with Crippen molar-refractivity contribution >= 4 is 11.6 Å². The maximum Gasteiger partial charge on any atom is 0.293 e. The van der Waals surface area contributed by atoms with Gasteiger partial charge in [0.15, 0.2) is 5.76 Å². The molecule has 0 saturated carbocycles. The van der Waals surface area contributed by atoms with Crippen molar-refractivity contribution in [3.05, 3.63) is 54.0 Å². The number of aryl methyl sites for hydroxylation is 1. The van der Waals surface area contributed by atoms with Crippen molar-refractivity contribution in [2.75, 3.05) is 11.4 Å². The molecule has 0 saturated heterocycles. The first kappa shape index (κ1) is 11.5. The second-order valence-corrected chi connectivity index (χ2v) is 3.81. The van der Waals surface area contributed by atoms with Crippen LogP contribution in [0.3, 0.4) is 0 Å². The van der Waals surface area contributed by atoms with Gasteiger partial charge in [-0.25, -0.2) is 0 Å². The molecular weight excluding hydrogens is 214 g/mol. The van der Waals surface area contributed by atoms with Crippen molar-refractivity contribution in [3.63, 3.8) is 0 Å². The molecular formula is C14H15NO2. The molecule has 2 rings (SSSR count). The van der Waals surface area contributed by atoms with Crippen LogP contribution < -0.4 is 4.90 Å². The molecule has 3 heteroatoms. The summed E-state index contributed by atoms with van der Waals surface area (Å²) in [5.74, 6) is 0.266. The van der Waals surface area contributed by atoms with E-state index in [1.165, 1.54) is 6.26 Å². The van der Waals surface area contributed by atoms with E-state index in [0.717, 1.165) is 11.3 Å². The second-order valence-electron chi connectivity index (χ2n) is 3.81. The molecule has 0 aliphatic carbocycles. The summed E-state index contributed by atoms with van der Waals surface area (Å²) in [5, 5.41) is 0. The lowest BCUT2D eigenvalue weighted by atomic mass is 10.1. The van der Waals surface area contributed by atoms with Gasteiger partial charge in [0, 0.05) is 12.2 Å². The summed E-state index contributed by atoms with van der Waals surface area (Å²) in [6.07, 6.45) is 1.51. The quantitative estimate of drug-likeness (QED) is 0.809. The topological polar surface area (TPSA) is 33.5 Å². The van der Waals surface area contributed by atoms with Gasteiger partial charge in [-0.15, -0.1) is 0 Å². The molecule has 0 unspecified atom stereocenters. The maximum absolute atomic E-state index is 12.2. The van der Waals surface area contributed by atoms with Crippen LogP contribution in [0.2, 0.25) is 0 Å². The zero-order valence-corrected chi connectivity index (χ0v) is 10.0. The highest BCUT2D eigenvalue weighted by atomic mass is 16.3. The van der Waals surface area contributed by atoms with Gasteiger partial charge in [0.05, 0.1) is 6.26 Å². The third kappa shape index (κ3) is 2.23. The number of rotatable bonds is 3. The molecule has 1 heterocycles. The van der Waals surface area contributed by atoms with Crippen molar-refractivity contribution in [3.8, 4) is 0 Å². The summed E-state index contributed by atoms with van der Waals surface area (Å²) in [7, 11) is 0. The largest absolute Gasteiger partial charge is 0.459 e. The van der Waals surface area contributed by atoms with Crippen LogP contribution >= 0.6 is 0 Å². The van der Waals surface area contributed by atoms with Crippen molar-refractivity contribution in [2.45, 2.75) is 13.8 Å². The van der Waals surface area contributed by atoms with Gasteiger partial charge in [-0.05, 0) is 37.6 Å². The SMILES string of the molecule is CCN(C(=O)c1ccco1)c1ccccc1C. The van der Waals surface area contributed by atoms with E-state index in [-0.39, 0.29) is 5.91 Å². The average Bonchev–Trinajstić information content (AvgIpc) is 2.86. The van der Waals surface area contributed by atoms with Crippen molar-refractivity contribution in [1.29, 1.82) is 0 Å². The molecule has 17 heavy (non-hydrogen) atoms. The standard InChI is InChI=1S/C14H15NO2/c1-3-15(12-8-5-4-7-11(12)2)14(16)13-9-6-10-17-13/h4-10H,3H2,1-2H3. The van der Waals surface area contributed by atoms with Crippen LogP contribution in [0.25, 0.3) is 0 Å². The Kier molecular flexibility index (Phi) is 3.28. The zero-order chi connectivity index (χ0) is 12.3. The van der Waals surface area contributed by atoms with Gasteiger partial charge in [-0.1, -0.05) is 18.2 Å². The summed E-state index contributed by atoms with van der Waals surface area (Å²) in [5.41, 5.74) is 2.01. The van der Waals surface area contributed by atoms with Crippen LogP contribution in [0, 0.1) is 6.92 Å². The predicted molar refractivity (Wildman–Crippen MR) is 67.2 cm³/mol. The van der Waals surface area contributed by atoms with Crippen LogP contribution in [-0.4, -0.2) is 12.5 Å². The highest BCUT2D eigenvalue weighted by molar-refractivity contribution is 6.04. The minimum atomic E-state index is -0.105. The number of amides is 1. The molecule has 0 atom stereocenters. The molecule has 0 aliphatic heterocycles. The zero-order valence-electron chi connectivity index (χ0n) is 10.0. The normalized spacial score (nSPS) is 10.2. The smallest absolute Gasteiger partial charge is 0.293 e. The number of benzene rings is 1. The molecule has 1 aromatic heterocycles. The number of para-hydroxylation sites is 1. The number of furan rings is 1. The number of nitrogens with zero attached hydrogens (tertiary/aromatic N) is 1. The first-order valence-electron chi connectivity index (χ1n) is 5.65. The van der Waals surface area contributed by atoms with Gasteiger partial charge in [-0.3, -0.25) is 4.79 Å². The number of carbonyl (C=O) groups excluding carboxylic acids is 1. The lowest BCUT2D eigenvalue weighted by Gasteiger charge is -2.21. The molecule has 2 aromatic rings. The van der Waals surface area contributed by atoms with Crippen LogP contribution in [0.5, 0.6) is 0 Å². The number of hydrogen-bond donors (Lipinski definition) is 0. The predicted octanol–water partition coefficient (Wildman–Crippen LogP) is 3.25. The molecule has 0 radical (unpaired) electrons. The third-order valence-electron chi connectivity index (χ3n) is 2.70. The third-order valence-corrected chi connectivity index (χ3v) is 2.70. The van der Waals surface area contributed by atoms with Crippen LogP contribution in [0.15, 0.2) is 47.1 Å². The second kappa shape index (κ2) is 4.87. The fourth-order valence-electron chi connectivity index (χ4n) is 1.82. The summed E-state index contributed by atoms with van der Waals surface area (Å²) < 4.78 is 5.15. The van der Waals surface area contributed by atoms with E-state index in [1.807, 2.05) is 38.1 Å². The summed E-state index contributed by atoms with van der Waals surface area (Å²) >= 11 is 0. The highest BCUT2D eigenvalue weighted by Crippen LogP contribution is 2.21.